The van der Waals surface area contributed by atoms with Gasteiger partial charge in [0.2, 0.25) is 0 Å². The Labute approximate surface area is 184 Å². The summed E-state index contributed by atoms with van der Waals surface area (Å²) in [6.45, 7) is 3.92. The minimum Gasteiger partial charge on any atom is -0.496 e. The van der Waals surface area contributed by atoms with Gasteiger partial charge in [-0.05, 0) is 78.6 Å². The van der Waals surface area contributed by atoms with E-state index in [4.69, 9.17) is 18.9 Å². The lowest BCUT2D eigenvalue weighted by atomic mass is 9.79. The molecule has 163 valence electrons. The number of aryl methyl sites for hydroxylation is 2. The van der Waals surface area contributed by atoms with Gasteiger partial charge in [-0.1, -0.05) is 12.1 Å². The highest BCUT2D eigenvalue weighted by Gasteiger charge is 2.35. The normalized spacial score (nSPS) is 11.2. The van der Waals surface area contributed by atoms with Gasteiger partial charge in [0.25, 0.3) is 0 Å². The van der Waals surface area contributed by atoms with Crippen LogP contribution in [0.1, 0.15) is 27.8 Å². The largest absolute Gasteiger partial charge is 0.496 e. The molecule has 0 fully saturated rings. The second kappa shape index (κ2) is 9.31. The molecule has 0 unspecified atom stereocenters. The van der Waals surface area contributed by atoms with E-state index in [1.54, 1.807) is 40.6 Å². The molecule has 0 heterocycles. The van der Waals surface area contributed by atoms with Crippen molar-refractivity contribution in [2.75, 3.05) is 28.4 Å². The zero-order valence-corrected chi connectivity index (χ0v) is 18.9. The average Bonchev–Trinajstić information content (AvgIpc) is 2.78. The van der Waals surface area contributed by atoms with Gasteiger partial charge in [-0.3, -0.25) is 0 Å². The van der Waals surface area contributed by atoms with Crippen LogP contribution < -0.4 is 18.9 Å². The maximum Gasteiger partial charge on any atom is 0.126 e. The molecule has 0 aliphatic heterocycles. The number of benzene rings is 3. The Kier molecular flexibility index (Phi) is 6.76. The van der Waals surface area contributed by atoms with Crippen LogP contribution in [0.2, 0.25) is 0 Å². The number of hydrogen-bond acceptors (Lipinski definition) is 5. The molecule has 1 N–H and O–H groups in total. The average molecular weight is 422 g/mol. The molecule has 3 aromatic carbocycles. The van der Waals surface area contributed by atoms with Crippen molar-refractivity contribution in [2.24, 2.45) is 0 Å². The van der Waals surface area contributed by atoms with Crippen molar-refractivity contribution in [1.29, 1.82) is 0 Å². The van der Waals surface area contributed by atoms with Crippen LogP contribution in [0.4, 0.5) is 0 Å². The second-order valence-corrected chi connectivity index (χ2v) is 7.48. The number of ether oxygens (including phenoxy) is 4. The first-order valence-electron chi connectivity index (χ1n) is 10.0. The Bertz CT molecular complexity index is 982. The summed E-state index contributed by atoms with van der Waals surface area (Å²) >= 11 is 0. The fourth-order valence-electron chi connectivity index (χ4n) is 3.93. The van der Waals surface area contributed by atoms with Gasteiger partial charge in [-0.2, -0.15) is 0 Å². The molecule has 0 aromatic heterocycles. The smallest absolute Gasteiger partial charge is 0.126 e. The predicted molar refractivity (Wildman–Crippen MR) is 121 cm³/mol. The molecule has 0 amide bonds. The van der Waals surface area contributed by atoms with Crippen LogP contribution in [0.25, 0.3) is 0 Å². The molecule has 0 aliphatic carbocycles. The Hall–Kier alpha value is -3.18. The number of aliphatic hydroxyl groups is 1. The standard InChI is InChI=1S/C26H29O5/c1-17-14-19(10-12-22(17)28-3)26(27,20-11-13-23(29-4)18(2)15-20)16-21-24(30-5)8-7-9-25(21)31-6/h8-15,27H,16H2,1-6H3. The number of rotatable bonds is 8. The molecule has 3 aromatic rings. The van der Waals surface area contributed by atoms with Crippen LogP contribution in [0.3, 0.4) is 0 Å². The highest BCUT2D eigenvalue weighted by Crippen LogP contribution is 2.41. The monoisotopic (exact) mass is 421 g/mol. The maximum atomic E-state index is 12.2. The summed E-state index contributed by atoms with van der Waals surface area (Å²) in [5.41, 5.74) is 2.76. The highest BCUT2D eigenvalue weighted by atomic mass is 16.5. The van der Waals surface area contributed by atoms with Gasteiger partial charge >= 0.3 is 0 Å². The Balaban J connectivity index is 2.23. The summed E-state index contributed by atoms with van der Waals surface area (Å²) < 4.78 is 22.0. The van der Waals surface area contributed by atoms with Gasteiger partial charge in [0, 0.05) is 12.0 Å². The van der Waals surface area contributed by atoms with E-state index in [2.05, 4.69) is 6.07 Å². The van der Waals surface area contributed by atoms with Gasteiger partial charge in [0.1, 0.15) is 28.6 Å². The third kappa shape index (κ3) is 4.32. The predicted octanol–water partition coefficient (Wildman–Crippen LogP) is 4.62. The molecular weight excluding hydrogens is 392 g/mol. The van der Waals surface area contributed by atoms with Crippen LogP contribution in [0, 0.1) is 19.9 Å². The molecule has 0 saturated heterocycles. The molecule has 0 spiro atoms. The molecule has 0 atom stereocenters. The fourth-order valence-corrected chi connectivity index (χ4v) is 3.93. The molecule has 0 saturated carbocycles. The number of methoxy groups -OCH3 is 4. The molecule has 1 radical (unpaired) electrons. The van der Waals surface area contributed by atoms with Crippen molar-refractivity contribution in [3.63, 3.8) is 0 Å². The summed E-state index contributed by atoms with van der Waals surface area (Å²) in [5, 5.41) is 12.2. The van der Waals surface area contributed by atoms with Crippen molar-refractivity contribution in [3.8, 4) is 23.0 Å². The first-order chi connectivity index (χ1) is 14.9. The van der Waals surface area contributed by atoms with E-state index in [1.807, 2.05) is 50.2 Å². The van der Waals surface area contributed by atoms with Crippen molar-refractivity contribution in [2.45, 2.75) is 25.9 Å². The van der Waals surface area contributed by atoms with Gasteiger partial charge < -0.3 is 24.1 Å². The zero-order chi connectivity index (χ0) is 22.6. The Morgan fingerprint density at radius 2 is 1.13 bits per heavy atom. The van der Waals surface area contributed by atoms with Crippen LogP contribution in [-0.4, -0.2) is 33.5 Å². The summed E-state index contributed by atoms with van der Waals surface area (Å²) in [7, 11) is 6.47. The Morgan fingerprint density at radius 3 is 1.48 bits per heavy atom. The lowest BCUT2D eigenvalue weighted by molar-refractivity contribution is 0.0794. The van der Waals surface area contributed by atoms with Gasteiger partial charge in [-0.15, -0.1) is 0 Å². The molecule has 0 bridgehead atoms. The van der Waals surface area contributed by atoms with Crippen LogP contribution in [0.5, 0.6) is 23.0 Å². The van der Waals surface area contributed by atoms with Gasteiger partial charge in [0.05, 0.1) is 28.4 Å². The number of hydrogen-bond donors (Lipinski definition) is 1. The summed E-state index contributed by atoms with van der Waals surface area (Å²) in [4.78, 5) is 0. The first kappa shape index (κ1) is 22.5. The van der Waals surface area contributed by atoms with Crippen LogP contribution in [0.15, 0.2) is 48.5 Å². The van der Waals surface area contributed by atoms with E-state index in [0.717, 1.165) is 39.3 Å². The van der Waals surface area contributed by atoms with Crippen LogP contribution >= 0.6 is 0 Å². The zero-order valence-electron chi connectivity index (χ0n) is 18.9. The van der Waals surface area contributed by atoms with E-state index in [1.165, 1.54) is 0 Å². The van der Waals surface area contributed by atoms with Crippen LogP contribution in [-0.2, 0) is 12.0 Å². The summed E-state index contributed by atoms with van der Waals surface area (Å²) in [6.07, 6.45) is 0.242. The second-order valence-electron chi connectivity index (χ2n) is 7.48. The first-order valence-corrected chi connectivity index (χ1v) is 10.0. The topological polar surface area (TPSA) is 57.2 Å². The minimum atomic E-state index is -1.35. The van der Waals surface area contributed by atoms with E-state index >= 15 is 0 Å². The van der Waals surface area contributed by atoms with E-state index in [0.29, 0.717) is 11.5 Å². The molecule has 3 rings (SSSR count). The molecular formula is C26H29O5. The maximum absolute atomic E-state index is 12.2. The SMILES string of the molecule is COc1ccc(C(O)(Cc2c(OC)c[c]cc2OC)c2ccc(OC)c(C)c2)cc1C. The van der Waals surface area contributed by atoms with E-state index in [-0.39, 0.29) is 6.42 Å². The lowest BCUT2D eigenvalue weighted by Crippen LogP contribution is -2.31. The van der Waals surface area contributed by atoms with Crippen molar-refractivity contribution >= 4 is 0 Å². The highest BCUT2D eigenvalue weighted by molar-refractivity contribution is 5.51. The van der Waals surface area contributed by atoms with E-state index < -0.39 is 5.60 Å². The summed E-state index contributed by atoms with van der Waals surface area (Å²) in [6, 6.07) is 17.9. The lowest BCUT2D eigenvalue weighted by Gasteiger charge is -2.32. The molecule has 5 heteroatoms. The van der Waals surface area contributed by atoms with Crippen molar-refractivity contribution in [1.82, 2.24) is 0 Å². The Morgan fingerprint density at radius 1 is 0.710 bits per heavy atom. The van der Waals surface area contributed by atoms with E-state index in [9.17, 15) is 5.11 Å². The molecule has 31 heavy (non-hydrogen) atoms. The quantitative estimate of drug-likeness (QED) is 0.575. The summed E-state index contributed by atoms with van der Waals surface area (Å²) in [5.74, 6) is 2.74. The van der Waals surface area contributed by atoms with Gasteiger partial charge in [0.15, 0.2) is 0 Å². The van der Waals surface area contributed by atoms with Gasteiger partial charge in [-0.25, -0.2) is 0 Å². The van der Waals surface area contributed by atoms with Crippen molar-refractivity contribution < 1.29 is 24.1 Å². The fraction of sp³-hybridized carbons (Fsp3) is 0.308. The minimum absolute atomic E-state index is 0.242. The third-order valence-electron chi connectivity index (χ3n) is 5.64. The van der Waals surface area contributed by atoms with Crippen molar-refractivity contribution in [3.05, 3.63) is 82.4 Å². The molecule has 0 aliphatic rings. The third-order valence-corrected chi connectivity index (χ3v) is 5.64. The molecule has 5 nitrogen and oxygen atoms in total.